The summed E-state index contributed by atoms with van der Waals surface area (Å²) in [6, 6.07) is 11.8. The zero-order chi connectivity index (χ0) is 12.5. The number of pyridine rings is 1. The molecule has 0 saturated heterocycles. The van der Waals surface area contributed by atoms with Gasteiger partial charge < -0.3 is 5.73 Å². The zero-order valence-corrected chi connectivity index (χ0v) is 10.7. The van der Waals surface area contributed by atoms with Crippen molar-refractivity contribution in [2.75, 3.05) is 5.73 Å². The number of aryl methyl sites for hydroxylation is 1. The first-order valence-electron chi connectivity index (χ1n) is 5.55. The van der Waals surface area contributed by atoms with Crippen molar-refractivity contribution in [1.29, 1.82) is 0 Å². The fraction of sp³-hybridized carbons (Fsp3) is 0.0769. The molecular weight excluding hydrogens is 244 g/mol. The van der Waals surface area contributed by atoms with Crippen LogP contribution in [0.3, 0.4) is 0 Å². The topological polar surface area (TPSA) is 56.7 Å². The Morgan fingerprint density at radius 3 is 2.72 bits per heavy atom. The van der Waals surface area contributed by atoms with Crippen LogP contribution in [0, 0.1) is 0 Å². The summed E-state index contributed by atoms with van der Waals surface area (Å²) in [5.74, 6) is 0. The normalized spacial score (nSPS) is 10.7. The van der Waals surface area contributed by atoms with Crippen molar-refractivity contribution < 1.29 is 0 Å². The van der Waals surface area contributed by atoms with Gasteiger partial charge in [-0.15, -0.1) is 11.3 Å². The highest BCUT2D eigenvalue weighted by atomic mass is 32.1. The van der Waals surface area contributed by atoms with Gasteiger partial charge in [0, 0.05) is 13.2 Å². The first-order valence-corrected chi connectivity index (χ1v) is 6.37. The van der Waals surface area contributed by atoms with Crippen molar-refractivity contribution in [2.24, 2.45) is 7.05 Å². The minimum absolute atomic E-state index is 0.811. The van der Waals surface area contributed by atoms with Gasteiger partial charge in [-0.2, -0.15) is 5.10 Å². The summed E-state index contributed by atoms with van der Waals surface area (Å²) in [5, 5.41) is 5.30. The Labute approximate surface area is 109 Å². The summed E-state index contributed by atoms with van der Waals surface area (Å²) in [6.07, 6.45) is 1.77. The Kier molecular flexibility index (Phi) is 2.60. The van der Waals surface area contributed by atoms with Gasteiger partial charge in [0.15, 0.2) is 0 Å². The quantitative estimate of drug-likeness (QED) is 0.767. The van der Waals surface area contributed by atoms with Crippen LogP contribution in [-0.4, -0.2) is 14.8 Å². The molecule has 0 aromatic carbocycles. The molecule has 0 aliphatic rings. The molecule has 0 atom stereocenters. The average molecular weight is 256 g/mol. The molecule has 0 unspecified atom stereocenters. The number of rotatable bonds is 2. The smallest absolute Gasteiger partial charge is 0.111 e. The van der Waals surface area contributed by atoms with E-state index in [1.165, 1.54) is 0 Å². The number of nitrogens with zero attached hydrogens (tertiary/aromatic N) is 3. The highest BCUT2D eigenvalue weighted by Crippen LogP contribution is 2.31. The molecule has 2 N–H and O–H groups in total. The summed E-state index contributed by atoms with van der Waals surface area (Å²) in [4.78, 5) is 5.42. The Bertz CT molecular complexity index is 669. The number of hydrogen-bond acceptors (Lipinski definition) is 4. The number of nitrogens with two attached hydrogens (primary N) is 1. The van der Waals surface area contributed by atoms with E-state index in [4.69, 9.17) is 5.73 Å². The first kappa shape index (κ1) is 11.0. The maximum absolute atomic E-state index is 5.76. The summed E-state index contributed by atoms with van der Waals surface area (Å²) >= 11 is 1.56. The summed E-state index contributed by atoms with van der Waals surface area (Å²) in [6.45, 7) is 0. The lowest BCUT2D eigenvalue weighted by atomic mass is 10.2. The molecular formula is C13H12N4S. The Balaban J connectivity index is 2.06. The number of anilines is 1. The van der Waals surface area contributed by atoms with Gasteiger partial charge >= 0.3 is 0 Å². The molecule has 0 aliphatic carbocycles. The molecule has 90 valence electrons. The fourth-order valence-electron chi connectivity index (χ4n) is 1.83. The third-order valence-electron chi connectivity index (χ3n) is 2.69. The second kappa shape index (κ2) is 4.27. The first-order chi connectivity index (χ1) is 8.74. The van der Waals surface area contributed by atoms with Crippen molar-refractivity contribution in [3.05, 3.63) is 42.6 Å². The van der Waals surface area contributed by atoms with Gasteiger partial charge in [0.25, 0.3) is 0 Å². The molecule has 0 aliphatic heterocycles. The van der Waals surface area contributed by atoms with E-state index in [1.54, 1.807) is 17.5 Å². The van der Waals surface area contributed by atoms with Crippen LogP contribution in [0.4, 0.5) is 5.00 Å². The molecule has 3 heterocycles. The highest BCUT2D eigenvalue weighted by Gasteiger charge is 2.11. The number of thiophene rings is 1. The van der Waals surface area contributed by atoms with Gasteiger partial charge in [-0.1, -0.05) is 6.07 Å². The van der Waals surface area contributed by atoms with E-state index in [2.05, 4.69) is 10.1 Å². The molecule has 0 radical (unpaired) electrons. The van der Waals surface area contributed by atoms with E-state index < -0.39 is 0 Å². The molecule has 5 heteroatoms. The highest BCUT2D eigenvalue weighted by molar-refractivity contribution is 7.19. The second-order valence-electron chi connectivity index (χ2n) is 3.96. The van der Waals surface area contributed by atoms with Crippen LogP contribution in [0.1, 0.15) is 0 Å². The maximum atomic E-state index is 5.76. The van der Waals surface area contributed by atoms with E-state index in [-0.39, 0.29) is 0 Å². The van der Waals surface area contributed by atoms with Gasteiger partial charge in [0.2, 0.25) is 0 Å². The number of nitrogen functional groups attached to an aromatic ring is 1. The molecule has 3 rings (SSSR count). The van der Waals surface area contributed by atoms with E-state index >= 15 is 0 Å². The lowest BCUT2D eigenvalue weighted by Gasteiger charge is -1.95. The van der Waals surface area contributed by atoms with Gasteiger partial charge in [-0.3, -0.25) is 9.67 Å². The van der Waals surface area contributed by atoms with E-state index in [1.807, 2.05) is 48.1 Å². The molecule has 3 aromatic rings. The SMILES string of the molecule is Cn1nc(-c2ccccn2)cc1-c1ccc(N)s1. The lowest BCUT2D eigenvalue weighted by molar-refractivity contribution is 0.779. The molecule has 0 fully saturated rings. The summed E-state index contributed by atoms with van der Waals surface area (Å²) < 4.78 is 1.86. The minimum Gasteiger partial charge on any atom is -0.391 e. The van der Waals surface area contributed by atoms with Gasteiger partial charge in [-0.25, -0.2) is 0 Å². The Hall–Kier alpha value is -2.14. The van der Waals surface area contributed by atoms with Crippen LogP contribution in [0.5, 0.6) is 0 Å². The summed E-state index contributed by atoms with van der Waals surface area (Å²) in [7, 11) is 1.93. The Morgan fingerprint density at radius 1 is 1.17 bits per heavy atom. The van der Waals surface area contributed by atoms with Crippen LogP contribution in [0.25, 0.3) is 22.0 Å². The molecule has 3 aromatic heterocycles. The lowest BCUT2D eigenvalue weighted by Crippen LogP contribution is -1.92. The predicted octanol–water partition coefficient (Wildman–Crippen LogP) is 2.79. The molecule has 0 amide bonds. The van der Waals surface area contributed by atoms with Crippen molar-refractivity contribution in [3.63, 3.8) is 0 Å². The molecule has 18 heavy (non-hydrogen) atoms. The van der Waals surface area contributed by atoms with Gasteiger partial charge in [0.1, 0.15) is 5.69 Å². The summed E-state index contributed by atoms with van der Waals surface area (Å²) in [5.41, 5.74) is 8.57. The fourth-order valence-corrected chi connectivity index (χ4v) is 2.65. The molecule has 0 saturated carbocycles. The third-order valence-corrected chi connectivity index (χ3v) is 3.62. The second-order valence-corrected chi connectivity index (χ2v) is 5.07. The van der Waals surface area contributed by atoms with Gasteiger partial charge in [0.05, 0.1) is 21.3 Å². The van der Waals surface area contributed by atoms with E-state index in [0.29, 0.717) is 0 Å². The molecule has 0 spiro atoms. The van der Waals surface area contributed by atoms with E-state index in [9.17, 15) is 0 Å². The van der Waals surface area contributed by atoms with Crippen LogP contribution < -0.4 is 5.73 Å². The van der Waals surface area contributed by atoms with Crippen LogP contribution >= 0.6 is 11.3 Å². The maximum Gasteiger partial charge on any atom is 0.111 e. The van der Waals surface area contributed by atoms with E-state index in [0.717, 1.165) is 27.0 Å². The molecule has 0 bridgehead atoms. The largest absolute Gasteiger partial charge is 0.391 e. The zero-order valence-electron chi connectivity index (χ0n) is 9.87. The average Bonchev–Trinajstić information content (AvgIpc) is 2.97. The standard InChI is InChI=1S/C13H12N4S/c1-17-11(12-5-6-13(14)18-12)8-10(16-17)9-4-2-3-7-15-9/h2-8H,14H2,1H3. The van der Waals surface area contributed by atoms with Crippen LogP contribution in [-0.2, 0) is 7.05 Å². The predicted molar refractivity (Wildman–Crippen MR) is 74.2 cm³/mol. The number of aromatic nitrogens is 3. The number of hydrogen-bond donors (Lipinski definition) is 1. The molecule has 4 nitrogen and oxygen atoms in total. The van der Waals surface area contributed by atoms with Crippen LogP contribution in [0.2, 0.25) is 0 Å². The van der Waals surface area contributed by atoms with Crippen molar-refractivity contribution >= 4 is 16.3 Å². The van der Waals surface area contributed by atoms with Gasteiger partial charge in [-0.05, 0) is 30.3 Å². The van der Waals surface area contributed by atoms with Crippen molar-refractivity contribution in [2.45, 2.75) is 0 Å². The monoisotopic (exact) mass is 256 g/mol. The van der Waals surface area contributed by atoms with Crippen molar-refractivity contribution in [1.82, 2.24) is 14.8 Å². The minimum atomic E-state index is 0.811. The Morgan fingerprint density at radius 2 is 2.06 bits per heavy atom. The van der Waals surface area contributed by atoms with Crippen molar-refractivity contribution in [3.8, 4) is 22.0 Å². The van der Waals surface area contributed by atoms with Crippen LogP contribution in [0.15, 0.2) is 42.6 Å². The third kappa shape index (κ3) is 1.89.